The van der Waals surface area contributed by atoms with Crippen molar-refractivity contribution in [3.8, 4) is 0 Å². The average molecular weight is 336 g/mol. The second-order valence-electron chi connectivity index (χ2n) is 5.00. The summed E-state index contributed by atoms with van der Waals surface area (Å²) in [5.74, 6) is -2.20. The van der Waals surface area contributed by atoms with E-state index in [4.69, 9.17) is 16.3 Å². The molecule has 2 aromatic rings. The van der Waals surface area contributed by atoms with E-state index in [1.54, 1.807) is 6.07 Å². The van der Waals surface area contributed by atoms with Gasteiger partial charge in [-0.1, -0.05) is 23.7 Å². The van der Waals surface area contributed by atoms with E-state index < -0.39 is 24.3 Å². The van der Waals surface area contributed by atoms with Crippen LogP contribution in [0.1, 0.15) is 21.5 Å². The number of hydrogen-bond donors (Lipinski definition) is 1. The molecule has 120 valence electrons. The summed E-state index contributed by atoms with van der Waals surface area (Å²) in [7, 11) is 0. The molecule has 0 saturated carbocycles. The molecule has 0 unspecified atom stereocenters. The zero-order valence-electron chi connectivity index (χ0n) is 12.7. The third-order valence-electron chi connectivity index (χ3n) is 3.36. The third kappa shape index (κ3) is 4.29. The lowest BCUT2D eigenvalue weighted by atomic mass is 10.1. The number of esters is 1. The van der Waals surface area contributed by atoms with Crippen LogP contribution in [0, 0.1) is 19.7 Å². The van der Waals surface area contributed by atoms with Crippen LogP contribution in [0.3, 0.4) is 0 Å². The number of carbonyl (C=O) groups is 2. The number of rotatable bonds is 4. The Morgan fingerprint density at radius 3 is 2.70 bits per heavy atom. The molecule has 0 spiro atoms. The van der Waals surface area contributed by atoms with E-state index in [0.29, 0.717) is 5.69 Å². The standard InChI is InChI=1S/C17H15ClFNO3/c1-10-4-3-5-15(11(10)2)20-16(21)9-23-17(22)13-8-12(18)6-7-14(13)19/h3-8H,9H2,1-2H3,(H,20,21). The molecule has 1 amide bonds. The molecule has 0 aliphatic rings. The molecule has 2 rings (SSSR count). The number of aryl methyl sites for hydroxylation is 1. The van der Waals surface area contributed by atoms with Crippen LogP contribution in [0.4, 0.5) is 10.1 Å². The van der Waals surface area contributed by atoms with Crippen LogP contribution in [-0.2, 0) is 9.53 Å². The number of nitrogens with one attached hydrogen (secondary N) is 1. The Hall–Kier alpha value is -2.40. The highest BCUT2D eigenvalue weighted by Gasteiger charge is 2.16. The first-order valence-corrected chi connectivity index (χ1v) is 7.24. The molecule has 0 aliphatic carbocycles. The maximum atomic E-state index is 13.5. The molecule has 23 heavy (non-hydrogen) atoms. The van der Waals surface area contributed by atoms with Gasteiger partial charge in [0.05, 0.1) is 5.56 Å². The predicted molar refractivity (Wildman–Crippen MR) is 86.2 cm³/mol. The van der Waals surface area contributed by atoms with Crippen LogP contribution in [0.15, 0.2) is 36.4 Å². The third-order valence-corrected chi connectivity index (χ3v) is 3.60. The van der Waals surface area contributed by atoms with Crippen molar-refractivity contribution >= 4 is 29.2 Å². The molecule has 0 saturated heterocycles. The van der Waals surface area contributed by atoms with Crippen LogP contribution in [0.5, 0.6) is 0 Å². The minimum Gasteiger partial charge on any atom is -0.452 e. The second kappa shape index (κ2) is 7.24. The van der Waals surface area contributed by atoms with Gasteiger partial charge in [-0.2, -0.15) is 0 Å². The summed E-state index contributed by atoms with van der Waals surface area (Å²) in [6.07, 6.45) is 0. The van der Waals surface area contributed by atoms with Crippen LogP contribution < -0.4 is 5.32 Å². The normalized spacial score (nSPS) is 10.3. The summed E-state index contributed by atoms with van der Waals surface area (Å²) in [4.78, 5) is 23.7. The number of anilines is 1. The van der Waals surface area contributed by atoms with Crippen LogP contribution in [0.25, 0.3) is 0 Å². The first-order valence-electron chi connectivity index (χ1n) is 6.86. The smallest absolute Gasteiger partial charge is 0.341 e. The summed E-state index contributed by atoms with van der Waals surface area (Å²) < 4.78 is 18.3. The highest BCUT2D eigenvalue weighted by Crippen LogP contribution is 2.18. The van der Waals surface area contributed by atoms with Crippen molar-refractivity contribution in [2.24, 2.45) is 0 Å². The lowest BCUT2D eigenvalue weighted by molar-refractivity contribution is -0.119. The van der Waals surface area contributed by atoms with Gasteiger partial charge in [0.15, 0.2) is 6.61 Å². The van der Waals surface area contributed by atoms with Crippen molar-refractivity contribution in [3.05, 3.63) is 63.9 Å². The van der Waals surface area contributed by atoms with E-state index in [0.717, 1.165) is 23.3 Å². The lowest BCUT2D eigenvalue weighted by Gasteiger charge is -2.11. The molecular formula is C17H15ClFNO3. The Labute approximate surface area is 138 Å². The van der Waals surface area contributed by atoms with Crippen molar-refractivity contribution in [1.82, 2.24) is 0 Å². The van der Waals surface area contributed by atoms with E-state index in [1.165, 1.54) is 6.07 Å². The topological polar surface area (TPSA) is 55.4 Å². The molecule has 4 nitrogen and oxygen atoms in total. The average Bonchev–Trinajstić information content (AvgIpc) is 2.52. The minimum atomic E-state index is -0.943. The Balaban J connectivity index is 1.98. The van der Waals surface area contributed by atoms with Gasteiger partial charge >= 0.3 is 5.97 Å². The molecule has 0 atom stereocenters. The molecule has 0 aliphatic heterocycles. The number of halogens is 2. The first kappa shape index (κ1) is 17.0. The quantitative estimate of drug-likeness (QED) is 0.862. The zero-order chi connectivity index (χ0) is 17.0. The molecular weight excluding hydrogens is 321 g/mol. The largest absolute Gasteiger partial charge is 0.452 e. The van der Waals surface area contributed by atoms with Crippen molar-refractivity contribution in [2.75, 3.05) is 11.9 Å². The van der Waals surface area contributed by atoms with Crippen molar-refractivity contribution in [2.45, 2.75) is 13.8 Å². The maximum Gasteiger partial charge on any atom is 0.341 e. The Morgan fingerprint density at radius 1 is 1.22 bits per heavy atom. The molecule has 0 aromatic heterocycles. The first-order chi connectivity index (χ1) is 10.9. The van der Waals surface area contributed by atoms with Gasteiger partial charge < -0.3 is 10.1 Å². The van der Waals surface area contributed by atoms with Crippen LogP contribution in [0.2, 0.25) is 5.02 Å². The van der Waals surface area contributed by atoms with E-state index >= 15 is 0 Å². The van der Waals surface area contributed by atoms with Crippen LogP contribution in [-0.4, -0.2) is 18.5 Å². The molecule has 6 heteroatoms. The predicted octanol–water partition coefficient (Wildman–Crippen LogP) is 3.89. The monoisotopic (exact) mass is 335 g/mol. The Morgan fingerprint density at radius 2 is 1.96 bits per heavy atom. The molecule has 0 radical (unpaired) electrons. The SMILES string of the molecule is Cc1cccc(NC(=O)COC(=O)c2cc(Cl)ccc2F)c1C. The van der Waals surface area contributed by atoms with Crippen molar-refractivity contribution in [3.63, 3.8) is 0 Å². The number of ether oxygens (including phenoxy) is 1. The van der Waals surface area contributed by atoms with E-state index in [9.17, 15) is 14.0 Å². The summed E-state index contributed by atoms with van der Waals surface area (Å²) in [5, 5.41) is 2.85. The molecule has 0 heterocycles. The number of carbonyl (C=O) groups excluding carboxylic acids is 2. The molecule has 0 bridgehead atoms. The van der Waals surface area contributed by atoms with Gasteiger partial charge in [0.1, 0.15) is 5.82 Å². The highest BCUT2D eigenvalue weighted by atomic mass is 35.5. The van der Waals surface area contributed by atoms with Gasteiger partial charge in [0.25, 0.3) is 5.91 Å². The van der Waals surface area contributed by atoms with E-state index in [-0.39, 0.29) is 10.6 Å². The summed E-state index contributed by atoms with van der Waals surface area (Å²) in [6.45, 7) is 3.28. The summed E-state index contributed by atoms with van der Waals surface area (Å²) in [6, 6.07) is 9.02. The van der Waals surface area contributed by atoms with Gasteiger partial charge in [-0.05, 0) is 49.2 Å². The van der Waals surface area contributed by atoms with Gasteiger partial charge in [-0.3, -0.25) is 4.79 Å². The number of benzene rings is 2. The van der Waals surface area contributed by atoms with Crippen molar-refractivity contribution < 1.29 is 18.7 Å². The van der Waals surface area contributed by atoms with Gasteiger partial charge in [-0.25, -0.2) is 9.18 Å². The van der Waals surface area contributed by atoms with E-state index in [1.807, 2.05) is 26.0 Å². The fourth-order valence-corrected chi connectivity index (χ4v) is 2.11. The van der Waals surface area contributed by atoms with Gasteiger partial charge in [-0.15, -0.1) is 0 Å². The van der Waals surface area contributed by atoms with E-state index in [2.05, 4.69) is 5.32 Å². The fraction of sp³-hybridized carbons (Fsp3) is 0.176. The lowest BCUT2D eigenvalue weighted by Crippen LogP contribution is -2.21. The number of hydrogen-bond acceptors (Lipinski definition) is 3. The minimum absolute atomic E-state index is 0.207. The molecule has 0 fully saturated rings. The summed E-state index contributed by atoms with van der Waals surface area (Å²) in [5.41, 5.74) is 2.28. The summed E-state index contributed by atoms with van der Waals surface area (Å²) >= 11 is 5.71. The van der Waals surface area contributed by atoms with Crippen LogP contribution >= 0.6 is 11.6 Å². The number of amides is 1. The molecule has 2 aromatic carbocycles. The van der Waals surface area contributed by atoms with Gasteiger partial charge in [0.2, 0.25) is 0 Å². The second-order valence-corrected chi connectivity index (χ2v) is 5.43. The molecule has 1 N–H and O–H groups in total. The fourth-order valence-electron chi connectivity index (χ4n) is 1.94. The zero-order valence-corrected chi connectivity index (χ0v) is 13.4. The van der Waals surface area contributed by atoms with Crippen molar-refractivity contribution in [1.29, 1.82) is 0 Å². The Bertz CT molecular complexity index is 761. The maximum absolute atomic E-state index is 13.5. The van der Waals surface area contributed by atoms with Gasteiger partial charge in [0, 0.05) is 10.7 Å². The Kier molecular flexibility index (Phi) is 5.34. The highest BCUT2D eigenvalue weighted by molar-refractivity contribution is 6.30.